The zero-order valence-corrected chi connectivity index (χ0v) is 26.0. The number of nitrogen functional groups attached to an aromatic ring is 1. The topological polar surface area (TPSA) is 246 Å². The fourth-order valence-electron chi connectivity index (χ4n) is 5.23. The maximum atomic E-state index is 13.1. The Kier molecular flexibility index (Phi) is 8.46. The number of oxime groups is 1. The molecule has 3 aromatic heterocycles. The molecular formula is C29H25N8O9S2+. The number of aromatic nitrogens is 4. The molecule has 0 bridgehead atoms. The number of allylic oxidation sites excluding steroid dienone is 2. The van der Waals surface area contributed by atoms with Crippen LogP contribution < -0.4 is 15.6 Å². The van der Waals surface area contributed by atoms with Crippen LogP contribution in [-0.4, -0.2) is 87.1 Å². The third kappa shape index (κ3) is 5.64. The Morgan fingerprint density at radius 1 is 1.23 bits per heavy atom. The Bertz CT molecular complexity index is 2060. The van der Waals surface area contributed by atoms with E-state index in [9.17, 15) is 39.6 Å². The van der Waals surface area contributed by atoms with E-state index in [0.717, 1.165) is 40.1 Å². The first-order valence-electron chi connectivity index (χ1n) is 13.9. The Labute approximate surface area is 277 Å². The number of hydrogen-bond acceptors (Lipinski definition) is 13. The van der Waals surface area contributed by atoms with E-state index < -0.39 is 52.3 Å². The number of anilines is 1. The number of nitrogens with one attached hydrogen (secondary N) is 1. The highest BCUT2D eigenvalue weighted by Crippen LogP contribution is 2.41. The maximum absolute atomic E-state index is 13.1. The van der Waals surface area contributed by atoms with Crippen LogP contribution in [0.5, 0.6) is 11.5 Å². The van der Waals surface area contributed by atoms with Crippen LogP contribution in [-0.2, 0) is 36.2 Å². The van der Waals surface area contributed by atoms with Crippen molar-refractivity contribution in [1.29, 1.82) is 0 Å². The molecule has 19 heteroatoms. The number of nitrogens with two attached hydrogens (primary N) is 1. The van der Waals surface area contributed by atoms with Crippen molar-refractivity contribution in [3.63, 3.8) is 0 Å². The number of hydrogen-bond donors (Lipinski definition) is 6. The van der Waals surface area contributed by atoms with Gasteiger partial charge in [0, 0.05) is 22.8 Å². The molecule has 48 heavy (non-hydrogen) atoms. The van der Waals surface area contributed by atoms with Gasteiger partial charge in [0.05, 0.1) is 6.20 Å². The lowest BCUT2D eigenvalue weighted by Gasteiger charge is -2.49. The molecule has 1 saturated heterocycles. The first kappa shape index (κ1) is 32.0. The van der Waals surface area contributed by atoms with Crippen molar-refractivity contribution in [2.45, 2.75) is 23.6 Å². The molecule has 2 amide bonds. The monoisotopic (exact) mass is 693 g/mol. The fraction of sp³-hybridized carbons (Fsp3) is 0.172. The van der Waals surface area contributed by atoms with Gasteiger partial charge in [-0.25, -0.2) is 19.1 Å². The summed E-state index contributed by atoms with van der Waals surface area (Å²) in [6.45, 7) is 0.424. The average molecular weight is 694 g/mol. The van der Waals surface area contributed by atoms with Gasteiger partial charge in [0.1, 0.15) is 41.8 Å². The molecule has 1 fully saturated rings. The second-order valence-electron chi connectivity index (χ2n) is 10.3. The van der Waals surface area contributed by atoms with E-state index in [4.69, 9.17) is 10.6 Å². The van der Waals surface area contributed by atoms with E-state index in [2.05, 4.69) is 20.6 Å². The molecule has 7 N–H and O–H groups in total. The van der Waals surface area contributed by atoms with Gasteiger partial charge in [-0.3, -0.25) is 14.5 Å². The number of fused-ring (bicyclic) bond motifs is 2. The van der Waals surface area contributed by atoms with Crippen molar-refractivity contribution in [3.05, 3.63) is 89.0 Å². The van der Waals surface area contributed by atoms with Crippen LogP contribution in [0.1, 0.15) is 11.3 Å². The molecule has 0 aliphatic carbocycles. The molecule has 5 heterocycles. The number of benzene rings is 1. The largest absolute Gasteiger partial charge is 0.504 e. The molecule has 1 unspecified atom stereocenters. The summed E-state index contributed by atoms with van der Waals surface area (Å²) in [5.41, 5.74) is 3.85. The van der Waals surface area contributed by atoms with Crippen molar-refractivity contribution in [3.8, 4) is 11.5 Å². The van der Waals surface area contributed by atoms with Crippen LogP contribution in [0.4, 0.5) is 5.13 Å². The summed E-state index contributed by atoms with van der Waals surface area (Å²) in [6, 6.07) is 5.72. The Morgan fingerprint density at radius 3 is 2.75 bits per heavy atom. The number of aromatic hydroxyl groups is 2. The number of carbonyl (C=O) groups excluding carboxylic acids is 2. The lowest BCUT2D eigenvalue weighted by atomic mass is 9.90. The van der Waals surface area contributed by atoms with Crippen LogP contribution in [0.15, 0.2) is 82.9 Å². The van der Waals surface area contributed by atoms with Gasteiger partial charge in [0.15, 0.2) is 22.8 Å². The fourth-order valence-corrected chi connectivity index (χ4v) is 7.15. The first-order valence-corrected chi connectivity index (χ1v) is 15.8. The van der Waals surface area contributed by atoms with Gasteiger partial charge in [-0.2, -0.15) is 0 Å². The molecular weight excluding hydrogens is 669 g/mol. The number of carboxylic acids is 2. The van der Waals surface area contributed by atoms with Gasteiger partial charge in [-0.15, -0.1) is 27.6 Å². The maximum Gasteiger partial charge on any atom is 0.362 e. The second-order valence-corrected chi connectivity index (χ2v) is 12.3. The van der Waals surface area contributed by atoms with E-state index >= 15 is 0 Å². The van der Waals surface area contributed by atoms with E-state index in [1.165, 1.54) is 17.1 Å². The van der Waals surface area contributed by atoms with E-state index in [1.807, 2.05) is 16.8 Å². The zero-order chi connectivity index (χ0) is 34.2. The third-order valence-electron chi connectivity index (χ3n) is 7.48. The normalized spacial score (nSPS) is 18.9. The molecule has 3 atom stereocenters. The van der Waals surface area contributed by atoms with Crippen molar-refractivity contribution in [1.82, 2.24) is 24.8 Å². The summed E-state index contributed by atoms with van der Waals surface area (Å²) >= 11 is 2.17. The number of carbonyl (C=O) groups is 4. The summed E-state index contributed by atoms with van der Waals surface area (Å²) in [5.74, 6) is -5.45. The van der Waals surface area contributed by atoms with Crippen molar-refractivity contribution < 1.29 is 49.0 Å². The Balaban J connectivity index is 1.16. The number of β-lactam (4-membered cyclic amide) rings is 1. The summed E-state index contributed by atoms with van der Waals surface area (Å²) in [6.07, 6.45) is 9.32. The van der Waals surface area contributed by atoms with Crippen molar-refractivity contribution >= 4 is 63.8 Å². The van der Waals surface area contributed by atoms with Gasteiger partial charge < -0.3 is 36.3 Å². The summed E-state index contributed by atoms with van der Waals surface area (Å²) in [5, 5.41) is 50.7. The smallest absolute Gasteiger partial charge is 0.362 e. The van der Waals surface area contributed by atoms with E-state index in [0.29, 0.717) is 18.3 Å². The number of thiazole rings is 1. The van der Waals surface area contributed by atoms with Gasteiger partial charge >= 0.3 is 23.2 Å². The molecule has 0 radical (unpaired) electrons. The standard InChI is InChI=1S/C29H24N8O9S2/c30-28-33-19(14-48-28)29(27(44)45,16-5-6-17(38)18(39)11-16)46-32-12-20(40)34-22-24(41)37-23(26(42)43)15(13-47-25(22)37)3-2-8-35-9-10-36-21(35)4-1-7-31-36/h1-7,9-12,14,22,25,31H,8,13H2,(H5,30,33,34,40,42,43,44,45)/p+1/b3-2+,32-12-/t22-,25+,29?/m0/s1. The number of thioether (sulfide) groups is 1. The van der Waals surface area contributed by atoms with Gasteiger partial charge in [0.2, 0.25) is 0 Å². The van der Waals surface area contributed by atoms with Crippen molar-refractivity contribution in [2.24, 2.45) is 5.16 Å². The van der Waals surface area contributed by atoms with Crippen LogP contribution in [0, 0.1) is 0 Å². The number of imidazole rings is 1. The predicted molar refractivity (Wildman–Crippen MR) is 169 cm³/mol. The van der Waals surface area contributed by atoms with E-state index in [-0.39, 0.29) is 27.8 Å². The van der Waals surface area contributed by atoms with Crippen LogP contribution in [0.3, 0.4) is 0 Å². The van der Waals surface area contributed by atoms with Crippen molar-refractivity contribution in [2.75, 3.05) is 11.5 Å². The molecule has 246 valence electrons. The minimum atomic E-state index is -2.49. The molecule has 0 spiro atoms. The second kappa shape index (κ2) is 12.7. The number of nitrogens with zero attached hydrogens (tertiary/aromatic N) is 6. The SMILES string of the molecule is Nc1nc(C(O/N=C\C(=O)N[C@H]2C(=O)N3C(C(=O)O)=C(/C=C/C[n+]4ccn5ncccc54)CS[C@H]23)(C(=O)O)c2ccc(O)c(O)c2)cs1. The molecule has 6 rings (SSSR count). The molecule has 0 saturated carbocycles. The zero-order valence-electron chi connectivity index (χ0n) is 24.4. The molecule has 2 aliphatic heterocycles. The van der Waals surface area contributed by atoms with E-state index in [1.54, 1.807) is 35.1 Å². The molecule has 1 aromatic carbocycles. The quantitative estimate of drug-likeness (QED) is 0.0410. The minimum Gasteiger partial charge on any atom is -0.504 e. The number of phenolic OH excluding ortho intramolecular Hbond substituents is 2. The highest BCUT2D eigenvalue weighted by Gasteiger charge is 2.54. The third-order valence-corrected chi connectivity index (χ3v) is 9.46. The highest BCUT2D eigenvalue weighted by atomic mass is 32.2. The van der Waals surface area contributed by atoms with Crippen LogP contribution in [0.25, 0.3) is 5.65 Å². The number of rotatable bonds is 11. The Hall–Kier alpha value is -5.95. The number of carboxylic acid groups (broad SMARTS) is 2. The molecule has 2 aliphatic rings. The highest BCUT2D eigenvalue weighted by molar-refractivity contribution is 8.00. The average Bonchev–Trinajstić information content (AvgIpc) is 3.69. The molecule has 17 nitrogen and oxygen atoms in total. The number of phenols is 2. The van der Waals surface area contributed by atoms with Gasteiger partial charge in [-0.1, -0.05) is 16.3 Å². The van der Waals surface area contributed by atoms with Gasteiger partial charge in [0.25, 0.3) is 11.8 Å². The first-order chi connectivity index (χ1) is 23.0. The van der Waals surface area contributed by atoms with Crippen LogP contribution in [0.2, 0.25) is 0 Å². The lowest BCUT2D eigenvalue weighted by Crippen LogP contribution is -2.70. The van der Waals surface area contributed by atoms with Crippen LogP contribution >= 0.6 is 23.1 Å². The minimum absolute atomic E-state index is 0.00146. The number of amides is 2. The summed E-state index contributed by atoms with van der Waals surface area (Å²) in [7, 11) is 0. The predicted octanol–water partition coefficient (Wildman–Crippen LogP) is 0.397. The molecule has 4 aromatic rings. The Morgan fingerprint density at radius 2 is 2.04 bits per heavy atom. The summed E-state index contributed by atoms with van der Waals surface area (Å²) in [4.78, 5) is 61.2. The summed E-state index contributed by atoms with van der Waals surface area (Å²) < 4.78 is 3.61. The lowest BCUT2D eigenvalue weighted by molar-refractivity contribution is -0.660. The van der Waals surface area contributed by atoms with Gasteiger partial charge in [-0.05, 0) is 35.9 Å². The number of aliphatic carboxylic acids is 2.